The summed E-state index contributed by atoms with van der Waals surface area (Å²) in [4.78, 5) is 26.2. The Kier molecular flexibility index (Phi) is 4.45. The highest BCUT2D eigenvalue weighted by molar-refractivity contribution is 6.33. The van der Waals surface area contributed by atoms with E-state index in [0.717, 1.165) is 0 Å². The molecule has 5 nitrogen and oxygen atoms in total. The fraction of sp³-hybridized carbons (Fsp3) is 0.364. The number of amides is 1. The molecule has 0 aliphatic heterocycles. The summed E-state index contributed by atoms with van der Waals surface area (Å²) in [5.74, 6) is -1.39. The van der Waals surface area contributed by atoms with Crippen molar-refractivity contribution in [2.45, 2.75) is 26.3 Å². The third kappa shape index (κ3) is 4.03. The molecule has 92 valence electrons. The minimum atomic E-state index is -0.967. The second-order valence-corrected chi connectivity index (χ2v) is 4.19. The maximum absolute atomic E-state index is 11.7. The molecule has 0 spiro atoms. The number of aromatic nitrogens is 1. The van der Waals surface area contributed by atoms with Crippen LogP contribution in [-0.4, -0.2) is 28.0 Å². The van der Waals surface area contributed by atoms with E-state index in [2.05, 4.69) is 10.3 Å². The van der Waals surface area contributed by atoms with E-state index >= 15 is 0 Å². The van der Waals surface area contributed by atoms with Gasteiger partial charge in [-0.05, 0) is 19.9 Å². The molecule has 1 atom stereocenters. The number of nitrogens with one attached hydrogen (secondary N) is 1. The van der Waals surface area contributed by atoms with Crippen molar-refractivity contribution in [3.05, 3.63) is 28.5 Å². The molecule has 1 heterocycles. The van der Waals surface area contributed by atoms with E-state index in [4.69, 9.17) is 16.7 Å². The lowest BCUT2D eigenvalue weighted by Crippen LogP contribution is -2.34. The molecule has 1 amide bonds. The first-order valence-corrected chi connectivity index (χ1v) is 5.42. The monoisotopic (exact) mass is 256 g/mol. The molecule has 0 saturated carbocycles. The Balaban J connectivity index is 2.73. The summed E-state index contributed by atoms with van der Waals surface area (Å²) < 4.78 is 0. The number of aliphatic carboxylic acids is 1. The van der Waals surface area contributed by atoms with Crippen LogP contribution in [0, 0.1) is 6.92 Å². The molecule has 1 rings (SSSR count). The molecule has 1 aromatic rings. The first kappa shape index (κ1) is 13.4. The van der Waals surface area contributed by atoms with Gasteiger partial charge < -0.3 is 10.4 Å². The summed E-state index contributed by atoms with van der Waals surface area (Å²) >= 11 is 5.90. The van der Waals surface area contributed by atoms with Gasteiger partial charge in [0.15, 0.2) is 0 Å². The van der Waals surface area contributed by atoms with Gasteiger partial charge in [-0.15, -0.1) is 0 Å². The maximum Gasteiger partial charge on any atom is 0.305 e. The van der Waals surface area contributed by atoms with Gasteiger partial charge >= 0.3 is 5.97 Å². The van der Waals surface area contributed by atoms with Crippen molar-refractivity contribution in [3.63, 3.8) is 0 Å². The van der Waals surface area contributed by atoms with Gasteiger partial charge in [0.2, 0.25) is 0 Å². The Morgan fingerprint density at radius 3 is 2.76 bits per heavy atom. The largest absolute Gasteiger partial charge is 0.481 e. The normalized spacial score (nSPS) is 11.9. The number of carboxylic acid groups (broad SMARTS) is 1. The average molecular weight is 257 g/mol. The smallest absolute Gasteiger partial charge is 0.305 e. The molecule has 1 aromatic heterocycles. The molecule has 0 saturated heterocycles. The van der Waals surface area contributed by atoms with Crippen LogP contribution in [-0.2, 0) is 4.79 Å². The molecule has 17 heavy (non-hydrogen) atoms. The van der Waals surface area contributed by atoms with Gasteiger partial charge in [0, 0.05) is 17.9 Å². The lowest BCUT2D eigenvalue weighted by Gasteiger charge is -2.12. The summed E-state index contributed by atoms with van der Waals surface area (Å²) in [5.41, 5.74) is 0.958. The molecular weight excluding hydrogens is 244 g/mol. The van der Waals surface area contributed by atoms with Crippen LogP contribution >= 0.6 is 11.6 Å². The van der Waals surface area contributed by atoms with Gasteiger partial charge in [-0.25, -0.2) is 0 Å². The number of aryl methyl sites for hydroxylation is 1. The van der Waals surface area contributed by atoms with E-state index in [1.807, 2.05) is 0 Å². The highest BCUT2D eigenvalue weighted by Crippen LogP contribution is 2.15. The fourth-order valence-corrected chi connectivity index (χ4v) is 1.60. The van der Waals surface area contributed by atoms with E-state index < -0.39 is 17.9 Å². The van der Waals surface area contributed by atoms with Crippen LogP contribution < -0.4 is 5.32 Å². The number of hydrogen-bond donors (Lipinski definition) is 2. The SMILES string of the molecule is Cc1cc(Cl)c(C(=O)NC(C)CC(=O)O)cn1. The van der Waals surface area contributed by atoms with Crippen LogP contribution in [0.3, 0.4) is 0 Å². The molecule has 1 unspecified atom stereocenters. The predicted octanol–water partition coefficient (Wildman–Crippen LogP) is 1.64. The lowest BCUT2D eigenvalue weighted by molar-refractivity contribution is -0.137. The molecule has 0 radical (unpaired) electrons. The minimum Gasteiger partial charge on any atom is -0.481 e. The summed E-state index contributed by atoms with van der Waals surface area (Å²) in [6.07, 6.45) is 1.24. The van der Waals surface area contributed by atoms with Crippen molar-refractivity contribution in [3.8, 4) is 0 Å². The lowest BCUT2D eigenvalue weighted by atomic mass is 10.2. The van der Waals surface area contributed by atoms with Gasteiger partial charge in [0.05, 0.1) is 17.0 Å². The number of carboxylic acids is 1. The van der Waals surface area contributed by atoms with Crippen LogP contribution in [0.5, 0.6) is 0 Å². The summed E-state index contributed by atoms with van der Waals surface area (Å²) in [6, 6.07) is 1.12. The van der Waals surface area contributed by atoms with Crippen molar-refractivity contribution >= 4 is 23.5 Å². The summed E-state index contributed by atoms with van der Waals surface area (Å²) in [5, 5.41) is 11.4. The van der Waals surface area contributed by atoms with E-state index in [1.54, 1.807) is 19.9 Å². The number of halogens is 1. The fourth-order valence-electron chi connectivity index (χ4n) is 1.31. The Hall–Kier alpha value is -1.62. The molecule has 0 bridgehead atoms. The van der Waals surface area contributed by atoms with Gasteiger partial charge in [-0.2, -0.15) is 0 Å². The van der Waals surface area contributed by atoms with Crippen molar-refractivity contribution in [2.75, 3.05) is 0 Å². The van der Waals surface area contributed by atoms with Crippen LogP contribution in [0.2, 0.25) is 5.02 Å². The highest BCUT2D eigenvalue weighted by Gasteiger charge is 2.15. The van der Waals surface area contributed by atoms with E-state index in [9.17, 15) is 9.59 Å². The van der Waals surface area contributed by atoms with Gasteiger partial charge in [-0.3, -0.25) is 14.6 Å². The number of carbonyl (C=O) groups excluding carboxylic acids is 1. The number of nitrogens with zero attached hydrogens (tertiary/aromatic N) is 1. The first-order chi connectivity index (χ1) is 7.90. The van der Waals surface area contributed by atoms with E-state index in [1.165, 1.54) is 6.20 Å². The zero-order valence-corrected chi connectivity index (χ0v) is 10.3. The minimum absolute atomic E-state index is 0.136. The third-order valence-electron chi connectivity index (χ3n) is 2.09. The topological polar surface area (TPSA) is 79.3 Å². The summed E-state index contributed by atoms with van der Waals surface area (Å²) in [6.45, 7) is 3.38. The van der Waals surface area contributed by atoms with E-state index in [0.29, 0.717) is 10.7 Å². The van der Waals surface area contributed by atoms with Crippen LogP contribution in [0.15, 0.2) is 12.3 Å². The average Bonchev–Trinajstić information content (AvgIpc) is 2.15. The number of hydrogen-bond acceptors (Lipinski definition) is 3. The maximum atomic E-state index is 11.7. The zero-order valence-electron chi connectivity index (χ0n) is 9.53. The second kappa shape index (κ2) is 5.63. The predicted molar refractivity (Wildman–Crippen MR) is 63.2 cm³/mol. The Morgan fingerprint density at radius 1 is 1.59 bits per heavy atom. The van der Waals surface area contributed by atoms with Gasteiger partial charge in [0.25, 0.3) is 5.91 Å². The quantitative estimate of drug-likeness (QED) is 0.858. The molecule has 6 heteroatoms. The standard InChI is InChI=1S/C11H13ClN2O3/c1-6-3-9(12)8(5-13-6)11(17)14-7(2)4-10(15)16/h3,5,7H,4H2,1-2H3,(H,14,17)(H,15,16). The van der Waals surface area contributed by atoms with Gasteiger partial charge in [0.1, 0.15) is 0 Å². The first-order valence-electron chi connectivity index (χ1n) is 5.05. The number of pyridine rings is 1. The summed E-state index contributed by atoms with van der Waals surface area (Å²) in [7, 11) is 0. The zero-order chi connectivity index (χ0) is 13.0. The second-order valence-electron chi connectivity index (χ2n) is 3.78. The van der Waals surface area contributed by atoms with Crippen LogP contribution in [0.4, 0.5) is 0 Å². The molecule has 0 aromatic carbocycles. The van der Waals surface area contributed by atoms with Crippen molar-refractivity contribution in [1.29, 1.82) is 0 Å². The molecule has 0 aliphatic carbocycles. The van der Waals surface area contributed by atoms with Crippen LogP contribution in [0.1, 0.15) is 29.4 Å². The molecular formula is C11H13ClN2O3. The van der Waals surface area contributed by atoms with Crippen molar-refractivity contribution < 1.29 is 14.7 Å². The Labute approximate surface area is 104 Å². The number of carbonyl (C=O) groups is 2. The highest BCUT2D eigenvalue weighted by atomic mass is 35.5. The van der Waals surface area contributed by atoms with Gasteiger partial charge in [-0.1, -0.05) is 11.6 Å². The van der Waals surface area contributed by atoms with Crippen molar-refractivity contribution in [1.82, 2.24) is 10.3 Å². The molecule has 0 fully saturated rings. The van der Waals surface area contributed by atoms with Crippen molar-refractivity contribution in [2.24, 2.45) is 0 Å². The third-order valence-corrected chi connectivity index (χ3v) is 2.41. The Morgan fingerprint density at radius 2 is 2.24 bits per heavy atom. The van der Waals surface area contributed by atoms with E-state index in [-0.39, 0.29) is 12.0 Å². The number of rotatable bonds is 4. The molecule has 2 N–H and O–H groups in total. The Bertz CT molecular complexity index is 448. The molecule has 0 aliphatic rings. The van der Waals surface area contributed by atoms with Crippen LogP contribution in [0.25, 0.3) is 0 Å².